The number of carboxylic acid groups (broad SMARTS) is 2. The van der Waals surface area contributed by atoms with Crippen molar-refractivity contribution in [1.82, 2.24) is 15.0 Å². The van der Waals surface area contributed by atoms with E-state index in [0.717, 1.165) is 11.8 Å². The topological polar surface area (TPSA) is 161 Å². The molecule has 0 atom stereocenters. The molecule has 0 saturated carbocycles. The fraction of sp³-hybridized carbons (Fsp3) is 0. The van der Waals surface area contributed by atoms with Gasteiger partial charge in [-0.05, 0) is 36.4 Å². The maximum Gasteiger partial charge on any atom is 0.335 e. The van der Waals surface area contributed by atoms with Crippen LogP contribution in [0.25, 0.3) is 22.8 Å². The third kappa shape index (κ3) is 5.45. The van der Waals surface area contributed by atoms with E-state index in [-0.39, 0.29) is 38.3 Å². The first-order valence-electron chi connectivity index (χ1n) is 10.1. The largest absolute Gasteiger partial charge is 0.478 e. The summed E-state index contributed by atoms with van der Waals surface area (Å²) in [5.41, 5.74) is 2.00. The maximum absolute atomic E-state index is 11.8. The molecule has 4 rings (SSSR count). The fourth-order valence-corrected chi connectivity index (χ4v) is 3.84. The van der Waals surface area contributed by atoms with Crippen molar-refractivity contribution < 1.29 is 19.8 Å². The lowest BCUT2D eigenvalue weighted by Crippen LogP contribution is -2.04. The van der Waals surface area contributed by atoms with Crippen LogP contribution in [0.1, 0.15) is 31.8 Å². The molecule has 0 bridgehead atoms. The Kier molecular flexibility index (Phi) is 6.74. The van der Waals surface area contributed by atoms with E-state index in [0.29, 0.717) is 16.8 Å². The van der Waals surface area contributed by atoms with Gasteiger partial charge in [0.15, 0.2) is 0 Å². The van der Waals surface area contributed by atoms with E-state index in [9.17, 15) is 19.8 Å². The SMILES string of the molecule is N=C(SC(=N)c1ccnc(-c2cc(C(=O)O)cc(-c3cc(C(=O)O)ccn3)n2)c1)c1ccccc1. The number of nitrogens with zero attached hydrogens (tertiary/aromatic N) is 3. The van der Waals surface area contributed by atoms with Crippen molar-refractivity contribution in [2.75, 3.05) is 0 Å². The molecule has 9 nitrogen and oxygen atoms in total. The molecule has 35 heavy (non-hydrogen) atoms. The molecular weight excluding hydrogens is 466 g/mol. The number of benzene rings is 1. The Labute approximate surface area is 203 Å². The molecule has 0 saturated heterocycles. The molecule has 10 heteroatoms. The second-order valence-electron chi connectivity index (χ2n) is 7.22. The number of carboxylic acids is 2. The molecule has 0 aliphatic carbocycles. The van der Waals surface area contributed by atoms with E-state index in [4.69, 9.17) is 10.8 Å². The number of thioether (sulfide) groups is 1. The highest BCUT2D eigenvalue weighted by atomic mass is 32.2. The highest BCUT2D eigenvalue weighted by molar-refractivity contribution is 8.27. The molecule has 1 aromatic carbocycles. The van der Waals surface area contributed by atoms with Crippen LogP contribution < -0.4 is 0 Å². The molecule has 0 spiro atoms. The van der Waals surface area contributed by atoms with Crippen molar-refractivity contribution in [2.24, 2.45) is 0 Å². The maximum atomic E-state index is 11.8. The van der Waals surface area contributed by atoms with Gasteiger partial charge in [-0.3, -0.25) is 20.8 Å². The number of nitrogens with one attached hydrogen (secondary N) is 2. The predicted molar refractivity (Wildman–Crippen MR) is 132 cm³/mol. The Hall–Kier alpha value is -4.70. The van der Waals surface area contributed by atoms with Crippen molar-refractivity contribution in [3.05, 3.63) is 101 Å². The van der Waals surface area contributed by atoms with Crippen molar-refractivity contribution >= 4 is 33.8 Å². The normalized spacial score (nSPS) is 10.5. The second-order valence-corrected chi connectivity index (χ2v) is 8.24. The number of hydrogen-bond donors (Lipinski definition) is 4. The minimum atomic E-state index is -1.19. The predicted octanol–water partition coefficient (Wildman–Crippen LogP) is 4.69. The third-order valence-electron chi connectivity index (χ3n) is 4.87. The molecule has 3 heterocycles. The van der Waals surface area contributed by atoms with E-state index >= 15 is 0 Å². The van der Waals surface area contributed by atoms with Crippen LogP contribution >= 0.6 is 11.8 Å². The Morgan fingerprint density at radius 1 is 0.629 bits per heavy atom. The van der Waals surface area contributed by atoms with E-state index in [1.54, 1.807) is 24.3 Å². The highest BCUT2D eigenvalue weighted by Gasteiger charge is 2.16. The Bertz CT molecular complexity index is 1470. The molecule has 0 unspecified atom stereocenters. The summed E-state index contributed by atoms with van der Waals surface area (Å²) in [6.45, 7) is 0. The summed E-state index contributed by atoms with van der Waals surface area (Å²) >= 11 is 0.981. The molecule has 3 aromatic heterocycles. The highest BCUT2D eigenvalue weighted by Crippen LogP contribution is 2.25. The van der Waals surface area contributed by atoms with Gasteiger partial charge in [-0.25, -0.2) is 14.6 Å². The van der Waals surface area contributed by atoms with E-state index in [2.05, 4.69) is 15.0 Å². The Morgan fingerprint density at radius 2 is 1.11 bits per heavy atom. The minimum Gasteiger partial charge on any atom is -0.478 e. The van der Waals surface area contributed by atoms with Crippen LogP contribution in [0.2, 0.25) is 0 Å². The van der Waals surface area contributed by atoms with Gasteiger partial charge in [0.25, 0.3) is 0 Å². The van der Waals surface area contributed by atoms with Gasteiger partial charge in [-0.15, -0.1) is 0 Å². The Morgan fingerprint density at radius 3 is 1.69 bits per heavy atom. The van der Waals surface area contributed by atoms with Gasteiger partial charge in [-0.2, -0.15) is 0 Å². The van der Waals surface area contributed by atoms with Crippen LogP contribution in [0.3, 0.4) is 0 Å². The van der Waals surface area contributed by atoms with Gasteiger partial charge in [0.1, 0.15) is 10.1 Å². The Balaban J connectivity index is 1.69. The van der Waals surface area contributed by atoms with Gasteiger partial charge in [0.2, 0.25) is 0 Å². The lowest BCUT2D eigenvalue weighted by atomic mass is 10.1. The number of aromatic nitrogens is 3. The lowest BCUT2D eigenvalue weighted by Gasteiger charge is -2.09. The molecule has 0 aliphatic rings. The molecule has 4 N–H and O–H groups in total. The lowest BCUT2D eigenvalue weighted by molar-refractivity contribution is 0.0686. The molecule has 4 aromatic rings. The molecule has 0 amide bonds. The van der Waals surface area contributed by atoms with Crippen LogP contribution in [-0.2, 0) is 0 Å². The fourth-order valence-electron chi connectivity index (χ4n) is 3.14. The van der Waals surface area contributed by atoms with Gasteiger partial charge >= 0.3 is 11.9 Å². The van der Waals surface area contributed by atoms with Gasteiger partial charge < -0.3 is 10.2 Å². The average Bonchev–Trinajstić information content (AvgIpc) is 2.89. The number of aromatic carboxylic acids is 2. The summed E-state index contributed by atoms with van der Waals surface area (Å²) in [6, 6.07) is 17.6. The summed E-state index contributed by atoms with van der Waals surface area (Å²) in [6.07, 6.45) is 2.79. The molecule has 0 fully saturated rings. The first-order valence-corrected chi connectivity index (χ1v) is 11.0. The standard InChI is InChI=1S/C25H17N5O4S/c26-22(14-4-2-1-3-5-14)35-23(27)15-6-8-28-18(10-15)20-12-17(25(33)34)13-21(30-20)19-11-16(24(31)32)7-9-29-19/h1-13,26-27H,(H,31,32)(H,33,34). The molecule has 0 radical (unpaired) electrons. The minimum absolute atomic E-state index is 0.00876. The van der Waals surface area contributed by atoms with E-state index < -0.39 is 11.9 Å². The first-order chi connectivity index (χ1) is 16.8. The van der Waals surface area contributed by atoms with Crippen LogP contribution in [-0.4, -0.2) is 47.2 Å². The summed E-state index contributed by atoms with van der Waals surface area (Å²) in [5, 5.41) is 35.9. The summed E-state index contributed by atoms with van der Waals surface area (Å²) in [7, 11) is 0. The zero-order valence-corrected chi connectivity index (χ0v) is 18.8. The number of carbonyl (C=O) groups is 2. The van der Waals surface area contributed by atoms with E-state index in [1.165, 1.54) is 36.7 Å². The monoisotopic (exact) mass is 483 g/mol. The van der Waals surface area contributed by atoms with Gasteiger partial charge in [0.05, 0.1) is 33.9 Å². The zero-order chi connectivity index (χ0) is 24.9. The van der Waals surface area contributed by atoms with Crippen molar-refractivity contribution in [1.29, 1.82) is 10.8 Å². The summed E-state index contributed by atoms with van der Waals surface area (Å²) in [5.74, 6) is -2.34. The quantitative estimate of drug-likeness (QED) is 0.227. The van der Waals surface area contributed by atoms with Crippen molar-refractivity contribution in [2.45, 2.75) is 0 Å². The summed E-state index contributed by atoms with van der Waals surface area (Å²) in [4.78, 5) is 36.0. The van der Waals surface area contributed by atoms with Gasteiger partial charge in [-0.1, -0.05) is 42.1 Å². The van der Waals surface area contributed by atoms with E-state index in [1.807, 2.05) is 18.2 Å². The van der Waals surface area contributed by atoms with Crippen molar-refractivity contribution in [3.8, 4) is 22.8 Å². The second kappa shape index (κ2) is 10.1. The molecule has 0 aliphatic heterocycles. The molecule has 172 valence electrons. The van der Waals surface area contributed by atoms with Crippen LogP contribution in [0.15, 0.2) is 79.1 Å². The first kappa shape index (κ1) is 23.5. The third-order valence-corrected chi connectivity index (χ3v) is 5.75. The number of hydrogen-bond acceptors (Lipinski definition) is 8. The van der Waals surface area contributed by atoms with Crippen LogP contribution in [0.4, 0.5) is 0 Å². The molecular formula is C25H17N5O4S. The average molecular weight is 484 g/mol. The zero-order valence-electron chi connectivity index (χ0n) is 18.0. The van der Waals surface area contributed by atoms with Crippen LogP contribution in [0.5, 0.6) is 0 Å². The van der Waals surface area contributed by atoms with Crippen molar-refractivity contribution in [3.63, 3.8) is 0 Å². The smallest absolute Gasteiger partial charge is 0.335 e. The number of pyridine rings is 3. The number of rotatable bonds is 6. The van der Waals surface area contributed by atoms with Gasteiger partial charge in [0, 0.05) is 23.5 Å². The van der Waals surface area contributed by atoms with Crippen LogP contribution in [0, 0.1) is 10.8 Å². The summed E-state index contributed by atoms with van der Waals surface area (Å²) < 4.78 is 0.